The van der Waals surface area contributed by atoms with Gasteiger partial charge in [-0.25, -0.2) is 0 Å². The van der Waals surface area contributed by atoms with Crippen molar-refractivity contribution >= 4 is 17.5 Å². The zero-order chi connectivity index (χ0) is 19.2. The fraction of sp³-hybridized carbons (Fsp3) is 0.286. The molecule has 0 fully saturated rings. The Morgan fingerprint density at radius 2 is 1.89 bits per heavy atom. The van der Waals surface area contributed by atoms with E-state index < -0.39 is 0 Å². The van der Waals surface area contributed by atoms with Crippen molar-refractivity contribution in [2.45, 2.75) is 26.2 Å². The van der Waals surface area contributed by atoms with Gasteiger partial charge >= 0.3 is 0 Å². The van der Waals surface area contributed by atoms with Gasteiger partial charge < -0.3 is 15.6 Å². The molecule has 1 heterocycles. The van der Waals surface area contributed by atoms with Crippen molar-refractivity contribution in [1.29, 1.82) is 0 Å². The van der Waals surface area contributed by atoms with Gasteiger partial charge in [0.2, 0.25) is 17.5 Å². The van der Waals surface area contributed by atoms with Crippen LogP contribution in [0.3, 0.4) is 0 Å². The van der Waals surface area contributed by atoms with Gasteiger partial charge in [-0.05, 0) is 30.9 Å². The van der Waals surface area contributed by atoms with Crippen LogP contribution in [0.4, 0.5) is 0 Å². The first-order chi connectivity index (χ1) is 13.1. The number of carbonyl (C=O) groups excluding carboxylic acids is 3. The molecule has 0 saturated carbocycles. The molecule has 0 bridgehead atoms. The van der Waals surface area contributed by atoms with E-state index in [1.54, 1.807) is 6.20 Å². The minimum atomic E-state index is -0.210. The van der Waals surface area contributed by atoms with Crippen molar-refractivity contribution in [2.24, 2.45) is 0 Å². The number of hydrogen-bond acceptors (Lipinski definition) is 4. The highest BCUT2D eigenvalue weighted by Gasteiger charge is 2.29. The van der Waals surface area contributed by atoms with Gasteiger partial charge in [-0.3, -0.25) is 14.4 Å². The molecule has 1 amide bonds. The van der Waals surface area contributed by atoms with E-state index in [9.17, 15) is 14.4 Å². The Labute approximate surface area is 158 Å². The number of rotatable bonds is 8. The Morgan fingerprint density at radius 1 is 1.11 bits per heavy atom. The van der Waals surface area contributed by atoms with Gasteiger partial charge in [0.1, 0.15) is 0 Å². The second-order valence-electron chi connectivity index (χ2n) is 6.43. The lowest BCUT2D eigenvalue weighted by Gasteiger charge is -2.14. The highest BCUT2D eigenvalue weighted by molar-refractivity contribution is 6.24. The van der Waals surface area contributed by atoms with E-state index in [-0.39, 0.29) is 17.5 Å². The molecule has 1 aliphatic rings. The van der Waals surface area contributed by atoms with E-state index >= 15 is 0 Å². The van der Waals surface area contributed by atoms with Crippen molar-refractivity contribution < 1.29 is 14.4 Å². The number of ketones is 2. The Morgan fingerprint density at radius 3 is 2.63 bits per heavy atom. The first-order valence-corrected chi connectivity index (χ1v) is 9.15. The predicted molar refractivity (Wildman–Crippen MR) is 103 cm³/mol. The standard InChI is InChI=1S/C21H23N3O3/c1-2-22-16-12-17(25)20-19(21(16)27)15(13-24-20)10-11-23-18(26)9-8-14-6-4-3-5-7-14/h3-7,12-13,22,24H,2,8-11H2,1H3,(H,23,26). The summed E-state index contributed by atoms with van der Waals surface area (Å²) in [4.78, 5) is 39.7. The second-order valence-corrected chi connectivity index (χ2v) is 6.43. The smallest absolute Gasteiger partial charge is 0.220 e. The van der Waals surface area contributed by atoms with E-state index in [1.165, 1.54) is 6.08 Å². The summed E-state index contributed by atoms with van der Waals surface area (Å²) in [6, 6.07) is 9.85. The fourth-order valence-electron chi connectivity index (χ4n) is 3.17. The highest BCUT2D eigenvalue weighted by atomic mass is 16.2. The maximum Gasteiger partial charge on any atom is 0.220 e. The van der Waals surface area contributed by atoms with E-state index in [4.69, 9.17) is 0 Å². The Hall–Kier alpha value is -3.15. The first-order valence-electron chi connectivity index (χ1n) is 9.15. The Kier molecular flexibility index (Phi) is 5.86. The van der Waals surface area contributed by atoms with E-state index in [2.05, 4.69) is 15.6 Å². The van der Waals surface area contributed by atoms with Crippen molar-refractivity contribution in [2.75, 3.05) is 13.1 Å². The first kappa shape index (κ1) is 18.6. The van der Waals surface area contributed by atoms with Crippen molar-refractivity contribution in [3.05, 3.63) is 70.7 Å². The monoisotopic (exact) mass is 365 g/mol. The normalized spacial score (nSPS) is 13.1. The maximum atomic E-state index is 12.6. The molecule has 3 rings (SSSR count). The number of amides is 1. The maximum absolute atomic E-state index is 12.6. The number of aryl methyl sites for hydroxylation is 1. The molecule has 1 aromatic heterocycles. The van der Waals surface area contributed by atoms with E-state index in [0.29, 0.717) is 49.3 Å². The number of H-pyrrole nitrogens is 1. The summed E-state index contributed by atoms with van der Waals surface area (Å²) >= 11 is 0. The molecule has 0 saturated heterocycles. The van der Waals surface area contributed by atoms with Gasteiger partial charge in [0.15, 0.2) is 0 Å². The summed E-state index contributed by atoms with van der Waals surface area (Å²) in [5.74, 6) is -0.421. The number of nitrogens with one attached hydrogen (secondary N) is 3. The fourth-order valence-corrected chi connectivity index (χ4v) is 3.17. The van der Waals surface area contributed by atoms with Crippen LogP contribution in [0.5, 0.6) is 0 Å². The van der Waals surface area contributed by atoms with E-state index in [1.807, 2.05) is 37.3 Å². The average molecular weight is 365 g/mol. The number of hydrogen-bond donors (Lipinski definition) is 3. The molecular formula is C21H23N3O3. The van der Waals surface area contributed by atoms with Crippen LogP contribution in [0.2, 0.25) is 0 Å². The topological polar surface area (TPSA) is 91.1 Å². The summed E-state index contributed by atoms with van der Waals surface area (Å²) in [5.41, 5.74) is 2.93. The third-order valence-electron chi connectivity index (χ3n) is 4.52. The van der Waals surface area contributed by atoms with E-state index in [0.717, 1.165) is 11.1 Å². The molecule has 6 heteroatoms. The van der Waals surface area contributed by atoms with Crippen LogP contribution in [-0.4, -0.2) is 35.5 Å². The quantitative estimate of drug-likeness (QED) is 0.669. The van der Waals surface area contributed by atoms with Gasteiger partial charge in [-0.15, -0.1) is 0 Å². The number of carbonyl (C=O) groups is 3. The van der Waals surface area contributed by atoms with Crippen molar-refractivity contribution in [3.63, 3.8) is 0 Å². The molecule has 0 unspecified atom stereocenters. The van der Waals surface area contributed by atoms with Crippen LogP contribution in [0.1, 0.15) is 45.3 Å². The molecule has 6 nitrogen and oxygen atoms in total. The molecule has 140 valence electrons. The molecule has 3 N–H and O–H groups in total. The van der Waals surface area contributed by atoms with Gasteiger partial charge in [0.05, 0.1) is 17.0 Å². The minimum Gasteiger partial charge on any atom is -0.382 e. The number of aromatic nitrogens is 1. The average Bonchev–Trinajstić information content (AvgIpc) is 3.10. The number of fused-ring (bicyclic) bond motifs is 1. The van der Waals surface area contributed by atoms with Crippen LogP contribution >= 0.6 is 0 Å². The minimum absolute atomic E-state index is 0.0288. The van der Waals surface area contributed by atoms with Crippen LogP contribution in [0, 0.1) is 0 Å². The van der Waals surface area contributed by atoms with Crippen LogP contribution < -0.4 is 10.6 Å². The van der Waals surface area contributed by atoms with Crippen molar-refractivity contribution in [1.82, 2.24) is 15.6 Å². The number of aromatic amines is 1. The molecule has 0 spiro atoms. The van der Waals surface area contributed by atoms with Gasteiger partial charge in [0, 0.05) is 31.8 Å². The zero-order valence-corrected chi connectivity index (χ0v) is 15.3. The lowest BCUT2D eigenvalue weighted by molar-refractivity contribution is -0.121. The lowest BCUT2D eigenvalue weighted by atomic mass is 9.94. The predicted octanol–water partition coefficient (Wildman–Crippen LogP) is 2.18. The molecule has 27 heavy (non-hydrogen) atoms. The SMILES string of the molecule is CCNC1=CC(=O)c2[nH]cc(CCNC(=O)CCc3ccccc3)c2C1=O. The molecule has 1 aliphatic carbocycles. The summed E-state index contributed by atoms with van der Waals surface area (Å²) in [6.45, 7) is 2.86. The van der Waals surface area contributed by atoms with Crippen LogP contribution in [0.25, 0.3) is 0 Å². The molecular weight excluding hydrogens is 342 g/mol. The van der Waals surface area contributed by atoms with Crippen LogP contribution in [0.15, 0.2) is 48.3 Å². The third kappa shape index (κ3) is 4.34. The number of Topliss-reactive ketones (excluding diaryl/α,β-unsaturated/α-hetero) is 1. The summed E-state index contributed by atoms with van der Waals surface area (Å²) in [5, 5.41) is 5.82. The molecule has 0 aliphatic heterocycles. The summed E-state index contributed by atoms with van der Waals surface area (Å²) < 4.78 is 0. The van der Waals surface area contributed by atoms with Crippen LogP contribution in [-0.2, 0) is 17.6 Å². The summed E-state index contributed by atoms with van der Waals surface area (Å²) in [6.07, 6.45) is 4.61. The Bertz CT molecular complexity index is 881. The van der Waals surface area contributed by atoms with Gasteiger partial charge in [-0.1, -0.05) is 30.3 Å². The largest absolute Gasteiger partial charge is 0.382 e. The Balaban J connectivity index is 1.55. The number of benzene rings is 1. The van der Waals surface area contributed by atoms with Gasteiger partial charge in [0.25, 0.3) is 0 Å². The molecule has 0 atom stereocenters. The summed E-state index contributed by atoms with van der Waals surface area (Å²) in [7, 11) is 0. The van der Waals surface area contributed by atoms with Crippen molar-refractivity contribution in [3.8, 4) is 0 Å². The lowest BCUT2D eigenvalue weighted by Crippen LogP contribution is -2.28. The molecule has 0 radical (unpaired) electrons. The molecule has 2 aromatic rings. The molecule has 1 aromatic carbocycles. The van der Waals surface area contributed by atoms with Gasteiger partial charge in [-0.2, -0.15) is 0 Å². The second kappa shape index (κ2) is 8.49. The highest BCUT2D eigenvalue weighted by Crippen LogP contribution is 2.23. The number of allylic oxidation sites excluding steroid dienone is 2. The number of likely N-dealkylation sites (N-methyl/N-ethyl adjacent to an activating group) is 1. The zero-order valence-electron chi connectivity index (χ0n) is 15.3. The third-order valence-corrected chi connectivity index (χ3v) is 4.52.